The molecule has 17 heavy (non-hydrogen) atoms. The zero-order chi connectivity index (χ0) is 12.3. The van der Waals surface area contributed by atoms with Gasteiger partial charge in [-0.15, -0.1) is 0 Å². The quantitative estimate of drug-likeness (QED) is 0.871. The van der Waals surface area contributed by atoms with Crippen LogP contribution in [0.1, 0.15) is 31.2 Å². The monoisotopic (exact) mass is 234 g/mol. The zero-order valence-electron chi connectivity index (χ0n) is 10.1. The summed E-state index contributed by atoms with van der Waals surface area (Å²) in [5.41, 5.74) is 0.546. The van der Waals surface area contributed by atoms with Gasteiger partial charge in [0.1, 0.15) is 5.75 Å². The second-order valence-electron chi connectivity index (χ2n) is 4.82. The first-order valence-corrected chi connectivity index (χ1v) is 6.03. The van der Waals surface area contributed by atoms with Crippen molar-refractivity contribution in [3.8, 4) is 5.75 Å². The first kappa shape index (κ1) is 12.0. The molecule has 0 bridgehead atoms. The third kappa shape index (κ3) is 2.43. The van der Waals surface area contributed by atoms with Crippen molar-refractivity contribution in [1.29, 1.82) is 0 Å². The average Bonchev–Trinajstić information content (AvgIpc) is 2.80. The maximum absolute atomic E-state index is 11.4. The molecular weight excluding hydrogens is 216 g/mol. The molecule has 2 rings (SSSR count). The average molecular weight is 234 g/mol. The number of methoxy groups -OCH3 is 1. The first-order chi connectivity index (χ1) is 8.16. The van der Waals surface area contributed by atoms with Crippen molar-refractivity contribution in [2.24, 2.45) is 5.41 Å². The fraction of sp³-hybridized carbons (Fsp3) is 0.500. The lowest BCUT2D eigenvalue weighted by molar-refractivity contribution is -0.148. The molecule has 1 aliphatic rings. The highest BCUT2D eigenvalue weighted by atomic mass is 16.5. The lowest BCUT2D eigenvalue weighted by atomic mass is 9.80. The standard InChI is InChI=1S/C14H18O3/c1-17-12-6-4-11(5-7-12)10-14(13(15)16)8-2-3-9-14/h4-7H,2-3,8-10H2,1H3,(H,15,16). The van der Waals surface area contributed by atoms with Gasteiger partial charge in [0.05, 0.1) is 12.5 Å². The third-order valence-electron chi connectivity index (χ3n) is 3.72. The highest BCUT2D eigenvalue weighted by Crippen LogP contribution is 2.41. The fourth-order valence-electron chi connectivity index (χ4n) is 2.65. The van der Waals surface area contributed by atoms with Gasteiger partial charge in [-0.2, -0.15) is 0 Å². The minimum absolute atomic E-state index is 0.533. The number of carboxylic acid groups (broad SMARTS) is 1. The topological polar surface area (TPSA) is 46.5 Å². The molecule has 0 saturated heterocycles. The summed E-state index contributed by atoms with van der Waals surface area (Å²) in [5, 5.41) is 9.40. The van der Waals surface area contributed by atoms with Crippen molar-refractivity contribution in [3.63, 3.8) is 0 Å². The Kier molecular flexibility index (Phi) is 3.36. The number of hydrogen-bond donors (Lipinski definition) is 1. The molecule has 1 aliphatic carbocycles. The molecule has 3 heteroatoms. The smallest absolute Gasteiger partial charge is 0.309 e. The van der Waals surface area contributed by atoms with E-state index in [1.54, 1.807) is 7.11 Å². The van der Waals surface area contributed by atoms with E-state index in [-0.39, 0.29) is 0 Å². The molecule has 1 aromatic rings. The second kappa shape index (κ2) is 4.78. The van der Waals surface area contributed by atoms with E-state index in [4.69, 9.17) is 4.74 Å². The molecule has 3 nitrogen and oxygen atoms in total. The Hall–Kier alpha value is -1.51. The Labute approximate surface area is 101 Å². The fourth-order valence-corrected chi connectivity index (χ4v) is 2.65. The molecule has 0 radical (unpaired) electrons. The SMILES string of the molecule is COc1ccc(CC2(C(=O)O)CCCC2)cc1. The van der Waals surface area contributed by atoms with Gasteiger partial charge in [0.15, 0.2) is 0 Å². The van der Waals surface area contributed by atoms with E-state index in [9.17, 15) is 9.90 Å². The molecular formula is C14H18O3. The zero-order valence-corrected chi connectivity index (χ0v) is 10.1. The largest absolute Gasteiger partial charge is 0.497 e. The van der Waals surface area contributed by atoms with Crippen molar-refractivity contribution in [1.82, 2.24) is 0 Å². The Morgan fingerprint density at radius 2 is 1.88 bits per heavy atom. The molecule has 0 unspecified atom stereocenters. The molecule has 1 fully saturated rings. The van der Waals surface area contributed by atoms with Crippen LogP contribution in [0.5, 0.6) is 5.75 Å². The normalized spacial score (nSPS) is 17.9. The molecule has 0 heterocycles. The molecule has 0 amide bonds. The van der Waals surface area contributed by atoms with Crippen LogP contribution in [0.3, 0.4) is 0 Å². The van der Waals surface area contributed by atoms with Gasteiger partial charge in [0.2, 0.25) is 0 Å². The summed E-state index contributed by atoms with van der Waals surface area (Å²) in [7, 11) is 1.63. The van der Waals surface area contributed by atoms with E-state index < -0.39 is 11.4 Å². The van der Waals surface area contributed by atoms with E-state index >= 15 is 0 Å². The van der Waals surface area contributed by atoms with Crippen LogP contribution in [0.2, 0.25) is 0 Å². The van der Waals surface area contributed by atoms with Gasteiger partial charge < -0.3 is 9.84 Å². The minimum atomic E-state index is -0.647. The predicted octanol–water partition coefficient (Wildman–Crippen LogP) is 2.88. The highest BCUT2D eigenvalue weighted by Gasteiger charge is 2.41. The van der Waals surface area contributed by atoms with E-state index in [0.717, 1.165) is 37.0 Å². The molecule has 0 aliphatic heterocycles. The van der Waals surface area contributed by atoms with Crippen LogP contribution >= 0.6 is 0 Å². The van der Waals surface area contributed by atoms with Gasteiger partial charge in [0, 0.05) is 0 Å². The van der Waals surface area contributed by atoms with Gasteiger partial charge in [-0.3, -0.25) is 4.79 Å². The Bertz CT molecular complexity index is 388. The Balaban J connectivity index is 2.15. The summed E-state index contributed by atoms with van der Waals surface area (Å²) >= 11 is 0. The van der Waals surface area contributed by atoms with Gasteiger partial charge in [-0.1, -0.05) is 25.0 Å². The van der Waals surface area contributed by atoms with Crippen LogP contribution in [-0.2, 0) is 11.2 Å². The number of aliphatic carboxylic acids is 1. The van der Waals surface area contributed by atoms with Gasteiger partial charge in [-0.05, 0) is 37.0 Å². The molecule has 0 spiro atoms. The molecule has 92 valence electrons. The van der Waals surface area contributed by atoms with Gasteiger partial charge in [-0.25, -0.2) is 0 Å². The Morgan fingerprint density at radius 3 is 2.35 bits per heavy atom. The minimum Gasteiger partial charge on any atom is -0.497 e. The van der Waals surface area contributed by atoms with Crippen molar-refractivity contribution >= 4 is 5.97 Å². The summed E-state index contributed by atoms with van der Waals surface area (Å²) in [5.74, 6) is 0.162. The molecule has 0 aromatic heterocycles. The number of rotatable bonds is 4. The van der Waals surface area contributed by atoms with E-state index in [0.29, 0.717) is 6.42 Å². The number of carboxylic acids is 1. The number of hydrogen-bond acceptors (Lipinski definition) is 2. The van der Waals surface area contributed by atoms with Crippen LogP contribution in [0.15, 0.2) is 24.3 Å². The predicted molar refractivity (Wildman–Crippen MR) is 65.2 cm³/mol. The summed E-state index contributed by atoms with van der Waals surface area (Å²) in [6, 6.07) is 7.70. The number of carbonyl (C=O) groups is 1. The van der Waals surface area contributed by atoms with Crippen molar-refractivity contribution < 1.29 is 14.6 Å². The van der Waals surface area contributed by atoms with Crippen molar-refractivity contribution in [3.05, 3.63) is 29.8 Å². The Morgan fingerprint density at radius 1 is 1.29 bits per heavy atom. The third-order valence-corrected chi connectivity index (χ3v) is 3.72. The van der Waals surface area contributed by atoms with E-state index in [1.165, 1.54) is 0 Å². The number of ether oxygens (including phenoxy) is 1. The lowest BCUT2D eigenvalue weighted by Crippen LogP contribution is -2.30. The van der Waals surface area contributed by atoms with E-state index in [1.807, 2.05) is 24.3 Å². The summed E-state index contributed by atoms with van der Waals surface area (Å²) in [6.07, 6.45) is 4.29. The van der Waals surface area contributed by atoms with Crippen LogP contribution in [0, 0.1) is 5.41 Å². The van der Waals surface area contributed by atoms with E-state index in [2.05, 4.69) is 0 Å². The summed E-state index contributed by atoms with van der Waals surface area (Å²) in [4.78, 5) is 11.4. The molecule has 1 aromatic carbocycles. The molecule has 1 saturated carbocycles. The van der Waals surface area contributed by atoms with Crippen LogP contribution in [0.25, 0.3) is 0 Å². The van der Waals surface area contributed by atoms with Crippen LogP contribution < -0.4 is 4.74 Å². The van der Waals surface area contributed by atoms with Crippen LogP contribution in [0.4, 0.5) is 0 Å². The molecule has 1 N–H and O–H groups in total. The maximum Gasteiger partial charge on any atom is 0.309 e. The highest BCUT2D eigenvalue weighted by molar-refractivity contribution is 5.75. The first-order valence-electron chi connectivity index (χ1n) is 6.03. The maximum atomic E-state index is 11.4. The second-order valence-corrected chi connectivity index (χ2v) is 4.82. The number of benzene rings is 1. The van der Waals surface area contributed by atoms with Crippen LogP contribution in [-0.4, -0.2) is 18.2 Å². The van der Waals surface area contributed by atoms with Gasteiger partial charge >= 0.3 is 5.97 Å². The summed E-state index contributed by atoms with van der Waals surface area (Å²) < 4.78 is 5.10. The van der Waals surface area contributed by atoms with Crippen molar-refractivity contribution in [2.45, 2.75) is 32.1 Å². The van der Waals surface area contributed by atoms with Gasteiger partial charge in [0.25, 0.3) is 0 Å². The lowest BCUT2D eigenvalue weighted by Gasteiger charge is -2.23. The van der Waals surface area contributed by atoms with Crippen molar-refractivity contribution in [2.75, 3.05) is 7.11 Å². The molecule has 0 atom stereocenters. The summed E-state index contributed by atoms with van der Waals surface area (Å²) in [6.45, 7) is 0.